The number of hydrogen-bond acceptors (Lipinski definition) is 5. The summed E-state index contributed by atoms with van der Waals surface area (Å²) in [5.74, 6) is 0.410. The van der Waals surface area contributed by atoms with Crippen molar-refractivity contribution in [1.29, 1.82) is 0 Å². The Morgan fingerprint density at radius 1 is 1.31 bits per heavy atom. The van der Waals surface area contributed by atoms with Gasteiger partial charge in [-0.2, -0.15) is 0 Å². The molecular weight excluding hydrogens is 356 g/mol. The van der Waals surface area contributed by atoms with E-state index in [1.54, 1.807) is 6.07 Å². The molecule has 2 aliphatic rings. The molecule has 1 unspecified atom stereocenters. The molecule has 0 radical (unpaired) electrons. The van der Waals surface area contributed by atoms with Gasteiger partial charge in [-0.25, -0.2) is 0 Å². The van der Waals surface area contributed by atoms with Crippen molar-refractivity contribution in [2.24, 2.45) is 5.92 Å². The number of nitrogens with one attached hydrogen (secondary N) is 2. The molecule has 2 aliphatic heterocycles. The molecule has 0 aliphatic carbocycles. The van der Waals surface area contributed by atoms with Crippen LogP contribution in [0.25, 0.3) is 0 Å². The van der Waals surface area contributed by atoms with Crippen LogP contribution in [0, 0.1) is 5.92 Å². The number of piperidine rings is 1. The fraction of sp³-hybridized carbons (Fsp3) is 0.556. The predicted molar refractivity (Wildman–Crippen MR) is 100 cm³/mol. The molecule has 2 heterocycles. The zero-order valence-corrected chi connectivity index (χ0v) is 15.6. The van der Waals surface area contributed by atoms with E-state index in [-0.39, 0.29) is 23.8 Å². The first-order valence-corrected chi connectivity index (χ1v) is 9.30. The smallest absolute Gasteiger partial charge is 0.255 e. The SMILES string of the molecule is COc1cc(N)c(Cl)cc1C(=O)NC1CCN(C(=O)C2CCNCC2)C1. The molecule has 0 aromatic heterocycles. The summed E-state index contributed by atoms with van der Waals surface area (Å²) in [4.78, 5) is 27.1. The summed E-state index contributed by atoms with van der Waals surface area (Å²) in [7, 11) is 1.48. The van der Waals surface area contributed by atoms with Crippen LogP contribution in [-0.4, -0.2) is 56.0 Å². The van der Waals surface area contributed by atoms with Crippen LogP contribution < -0.4 is 21.1 Å². The lowest BCUT2D eigenvalue weighted by Crippen LogP contribution is -2.42. The minimum absolute atomic E-state index is 0.0748. The van der Waals surface area contributed by atoms with Crippen LogP contribution in [0.5, 0.6) is 5.75 Å². The molecule has 7 nitrogen and oxygen atoms in total. The van der Waals surface area contributed by atoms with Crippen molar-refractivity contribution >= 4 is 29.1 Å². The molecule has 8 heteroatoms. The Morgan fingerprint density at radius 2 is 2.04 bits per heavy atom. The summed E-state index contributed by atoms with van der Waals surface area (Å²) in [6, 6.07) is 2.98. The fourth-order valence-electron chi connectivity index (χ4n) is 3.58. The lowest BCUT2D eigenvalue weighted by Gasteiger charge is -2.26. The molecule has 142 valence electrons. The number of nitrogens with zero attached hydrogens (tertiary/aromatic N) is 1. The van der Waals surface area contributed by atoms with Gasteiger partial charge in [-0.05, 0) is 38.4 Å². The van der Waals surface area contributed by atoms with Gasteiger partial charge in [0.1, 0.15) is 5.75 Å². The molecule has 1 aromatic carbocycles. The van der Waals surface area contributed by atoms with Crippen molar-refractivity contribution in [2.75, 3.05) is 39.0 Å². The standard InChI is InChI=1S/C18H25ClN4O3/c1-26-16-9-15(20)14(19)8-13(16)17(24)22-12-4-7-23(10-12)18(25)11-2-5-21-6-3-11/h8-9,11-12,21H,2-7,10,20H2,1H3,(H,22,24). The van der Waals surface area contributed by atoms with E-state index in [0.29, 0.717) is 35.1 Å². The second kappa shape index (κ2) is 8.14. The van der Waals surface area contributed by atoms with E-state index in [1.807, 2.05) is 4.90 Å². The highest BCUT2D eigenvalue weighted by molar-refractivity contribution is 6.33. The number of hydrogen-bond donors (Lipinski definition) is 3. The maximum Gasteiger partial charge on any atom is 0.255 e. The number of likely N-dealkylation sites (tertiary alicyclic amines) is 1. The first-order valence-electron chi connectivity index (χ1n) is 8.93. The number of ether oxygens (including phenoxy) is 1. The Bertz CT molecular complexity index is 691. The minimum atomic E-state index is -0.273. The van der Waals surface area contributed by atoms with Crippen LogP contribution in [0.15, 0.2) is 12.1 Å². The fourth-order valence-corrected chi connectivity index (χ4v) is 3.75. The van der Waals surface area contributed by atoms with Crippen molar-refractivity contribution in [2.45, 2.75) is 25.3 Å². The molecule has 2 fully saturated rings. The van der Waals surface area contributed by atoms with E-state index in [1.165, 1.54) is 13.2 Å². The maximum absolute atomic E-state index is 12.6. The molecule has 3 rings (SSSR count). The number of nitrogen functional groups attached to an aromatic ring is 1. The highest BCUT2D eigenvalue weighted by Crippen LogP contribution is 2.29. The zero-order chi connectivity index (χ0) is 18.7. The molecule has 1 atom stereocenters. The molecule has 1 aromatic rings. The van der Waals surface area contributed by atoms with Gasteiger partial charge >= 0.3 is 0 Å². The molecular formula is C18H25ClN4O3. The van der Waals surface area contributed by atoms with Crippen molar-refractivity contribution in [1.82, 2.24) is 15.5 Å². The molecule has 2 amide bonds. The van der Waals surface area contributed by atoms with Gasteiger partial charge in [0.2, 0.25) is 5.91 Å². The number of carbonyl (C=O) groups excluding carboxylic acids is 2. The monoisotopic (exact) mass is 380 g/mol. The number of benzene rings is 1. The topological polar surface area (TPSA) is 96.7 Å². The Kier molecular flexibility index (Phi) is 5.88. The van der Waals surface area contributed by atoms with Crippen molar-refractivity contribution in [3.63, 3.8) is 0 Å². The Morgan fingerprint density at radius 3 is 2.73 bits per heavy atom. The van der Waals surface area contributed by atoms with Crippen LogP contribution in [-0.2, 0) is 4.79 Å². The summed E-state index contributed by atoms with van der Waals surface area (Å²) < 4.78 is 5.24. The first kappa shape index (κ1) is 18.8. The van der Waals surface area contributed by atoms with Gasteiger partial charge < -0.3 is 26.0 Å². The number of rotatable bonds is 4. The molecule has 0 bridgehead atoms. The van der Waals surface area contributed by atoms with Gasteiger partial charge in [0.25, 0.3) is 5.91 Å². The third-order valence-electron chi connectivity index (χ3n) is 5.09. The largest absolute Gasteiger partial charge is 0.496 e. The second-order valence-electron chi connectivity index (χ2n) is 6.84. The molecule has 0 spiro atoms. The zero-order valence-electron chi connectivity index (χ0n) is 14.9. The Hall–Kier alpha value is -1.99. The molecule has 4 N–H and O–H groups in total. The van der Waals surface area contributed by atoms with E-state index < -0.39 is 0 Å². The van der Waals surface area contributed by atoms with Gasteiger partial charge in [-0.15, -0.1) is 0 Å². The van der Waals surface area contributed by atoms with Crippen LogP contribution in [0.1, 0.15) is 29.6 Å². The average molecular weight is 381 g/mol. The third kappa shape index (κ3) is 4.04. The van der Waals surface area contributed by atoms with Crippen molar-refractivity contribution < 1.29 is 14.3 Å². The summed E-state index contributed by atoms with van der Waals surface area (Å²) in [6.07, 6.45) is 2.51. The number of methoxy groups -OCH3 is 1. The average Bonchev–Trinajstić information content (AvgIpc) is 3.12. The summed E-state index contributed by atoms with van der Waals surface area (Å²) in [5, 5.41) is 6.56. The van der Waals surface area contributed by atoms with E-state index in [0.717, 1.165) is 32.4 Å². The van der Waals surface area contributed by atoms with Gasteiger partial charge in [-0.3, -0.25) is 9.59 Å². The summed E-state index contributed by atoms with van der Waals surface area (Å²) >= 11 is 6.04. The van der Waals surface area contributed by atoms with E-state index in [9.17, 15) is 9.59 Å². The van der Waals surface area contributed by atoms with Crippen LogP contribution >= 0.6 is 11.6 Å². The van der Waals surface area contributed by atoms with E-state index in [2.05, 4.69) is 10.6 Å². The Labute approximate surface area is 158 Å². The lowest BCUT2D eigenvalue weighted by atomic mass is 9.97. The van der Waals surface area contributed by atoms with E-state index in [4.69, 9.17) is 22.1 Å². The second-order valence-corrected chi connectivity index (χ2v) is 7.25. The van der Waals surface area contributed by atoms with Gasteiger partial charge in [0.15, 0.2) is 0 Å². The first-order chi connectivity index (χ1) is 12.5. The van der Waals surface area contributed by atoms with Crippen molar-refractivity contribution in [3.05, 3.63) is 22.7 Å². The molecule has 26 heavy (non-hydrogen) atoms. The lowest BCUT2D eigenvalue weighted by molar-refractivity contribution is -0.135. The number of carbonyl (C=O) groups is 2. The van der Waals surface area contributed by atoms with Gasteiger partial charge in [0, 0.05) is 31.1 Å². The highest BCUT2D eigenvalue weighted by Gasteiger charge is 2.32. The molecule has 2 saturated heterocycles. The summed E-state index contributed by atoms with van der Waals surface area (Å²) in [5.41, 5.74) is 6.46. The third-order valence-corrected chi connectivity index (χ3v) is 5.41. The van der Waals surface area contributed by atoms with Gasteiger partial charge in [-0.1, -0.05) is 11.6 Å². The number of anilines is 1. The predicted octanol–water partition coefficient (Wildman–Crippen LogP) is 1.26. The quantitative estimate of drug-likeness (QED) is 0.683. The summed E-state index contributed by atoms with van der Waals surface area (Å²) in [6.45, 7) is 3.00. The molecule has 0 saturated carbocycles. The van der Waals surface area contributed by atoms with E-state index >= 15 is 0 Å². The van der Waals surface area contributed by atoms with Crippen LogP contribution in [0.2, 0.25) is 5.02 Å². The van der Waals surface area contributed by atoms with Gasteiger partial charge in [0.05, 0.1) is 23.4 Å². The maximum atomic E-state index is 12.6. The van der Waals surface area contributed by atoms with Crippen molar-refractivity contribution in [3.8, 4) is 5.75 Å². The van der Waals surface area contributed by atoms with Crippen LogP contribution in [0.4, 0.5) is 5.69 Å². The normalized spacial score (nSPS) is 20.8. The minimum Gasteiger partial charge on any atom is -0.496 e. The van der Waals surface area contributed by atoms with Crippen LogP contribution in [0.3, 0.4) is 0 Å². The number of nitrogens with two attached hydrogens (primary N) is 1. The highest BCUT2D eigenvalue weighted by atomic mass is 35.5. The Balaban J connectivity index is 1.61. The number of amides is 2. The number of halogens is 1.